The first-order chi connectivity index (χ1) is 9.95. The second-order valence-electron chi connectivity index (χ2n) is 5.59. The summed E-state index contributed by atoms with van der Waals surface area (Å²) in [6, 6.07) is 9.40. The van der Waals surface area contributed by atoms with Crippen molar-refractivity contribution in [2.24, 2.45) is 11.7 Å². The number of carbonyl (C=O) groups excluding carboxylic acids is 2. The van der Waals surface area contributed by atoms with Gasteiger partial charge in [-0.25, -0.2) is 0 Å². The monoisotopic (exact) mass is 291 g/mol. The van der Waals surface area contributed by atoms with Crippen LogP contribution in [-0.2, 0) is 9.59 Å². The molecule has 116 valence electrons. The number of benzene rings is 1. The van der Waals surface area contributed by atoms with Gasteiger partial charge in [0.2, 0.25) is 11.8 Å². The summed E-state index contributed by atoms with van der Waals surface area (Å²) >= 11 is 0. The number of nitrogens with one attached hydrogen (secondary N) is 1. The molecule has 21 heavy (non-hydrogen) atoms. The Morgan fingerprint density at radius 3 is 2.38 bits per heavy atom. The van der Waals surface area contributed by atoms with Crippen LogP contribution in [0.15, 0.2) is 30.3 Å². The Bertz CT molecular complexity index is 460. The topological polar surface area (TPSA) is 75.4 Å². The van der Waals surface area contributed by atoms with Crippen molar-refractivity contribution in [3.8, 4) is 0 Å². The van der Waals surface area contributed by atoms with Crippen molar-refractivity contribution < 1.29 is 9.59 Å². The Balaban J connectivity index is 2.62. The molecule has 1 atom stereocenters. The van der Waals surface area contributed by atoms with E-state index < -0.39 is 5.92 Å². The van der Waals surface area contributed by atoms with E-state index in [1.54, 1.807) is 7.05 Å². The fourth-order valence-electron chi connectivity index (χ4n) is 2.00. The van der Waals surface area contributed by atoms with Crippen molar-refractivity contribution in [2.75, 3.05) is 26.7 Å². The molecule has 1 unspecified atom stereocenters. The Hall–Kier alpha value is -1.88. The van der Waals surface area contributed by atoms with Gasteiger partial charge in [-0.1, -0.05) is 44.2 Å². The molecular weight excluding hydrogens is 266 g/mol. The highest BCUT2D eigenvalue weighted by atomic mass is 16.2. The minimum absolute atomic E-state index is 0.0505. The van der Waals surface area contributed by atoms with Crippen LogP contribution in [-0.4, -0.2) is 43.4 Å². The zero-order chi connectivity index (χ0) is 15.8. The van der Waals surface area contributed by atoms with Gasteiger partial charge in [-0.15, -0.1) is 0 Å². The second-order valence-corrected chi connectivity index (χ2v) is 5.59. The number of likely N-dealkylation sites (N-methyl/N-ethyl adjacent to an activating group) is 1. The van der Waals surface area contributed by atoms with Crippen LogP contribution in [0.4, 0.5) is 0 Å². The standard InChI is InChI=1S/C16H25N3O2/c1-12(2)10-18-15(20)11-19(3)16(21)14(9-17)13-7-5-4-6-8-13/h4-8,12,14H,9-11,17H2,1-3H3,(H,18,20). The largest absolute Gasteiger partial charge is 0.354 e. The molecule has 0 aliphatic rings. The van der Waals surface area contributed by atoms with E-state index in [9.17, 15) is 9.59 Å². The summed E-state index contributed by atoms with van der Waals surface area (Å²) in [5, 5.41) is 2.80. The fraction of sp³-hybridized carbons (Fsp3) is 0.500. The Labute approximate surface area is 126 Å². The normalized spacial score (nSPS) is 12.0. The summed E-state index contributed by atoms with van der Waals surface area (Å²) in [4.78, 5) is 25.6. The highest BCUT2D eigenvalue weighted by molar-refractivity contribution is 5.88. The lowest BCUT2D eigenvalue weighted by Gasteiger charge is -2.23. The average molecular weight is 291 g/mol. The molecule has 0 aromatic heterocycles. The van der Waals surface area contributed by atoms with Crippen LogP contribution >= 0.6 is 0 Å². The van der Waals surface area contributed by atoms with Gasteiger partial charge in [0.1, 0.15) is 0 Å². The number of nitrogens with two attached hydrogens (primary N) is 1. The van der Waals surface area contributed by atoms with E-state index in [2.05, 4.69) is 5.32 Å². The van der Waals surface area contributed by atoms with Gasteiger partial charge >= 0.3 is 0 Å². The predicted octanol–water partition coefficient (Wildman–Crippen LogP) is 0.960. The molecule has 0 aliphatic heterocycles. The number of carbonyl (C=O) groups is 2. The Kier molecular flexibility index (Phi) is 6.88. The molecule has 0 saturated carbocycles. The molecule has 0 fully saturated rings. The van der Waals surface area contributed by atoms with Gasteiger partial charge in [-0.2, -0.15) is 0 Å². The molecule has 0 spiro atoms. The first kappa shape index (κ1) is 17.2. The van der Waals surface area contributed by atoms with Crippen molar-refractivity contribution in [3.05, 3.63) is 35.9 Å². The third kappa shape index (κ3) is 5.55. The summed E-state index contributed by atoms with van der Waals surface area (Å²) < 4.78 is 0. The second kappa shape index (κ2) is 8.42. The lowest BCUT2D eigenvalue weighted by molar-refractivity contribution is -0.135. The predicted molar refractivity (Wildman–Crippen MR) is 83.7 cm³/mol. The summed E-state index contributed by atoms with van der Waals surface area (Å²) in [7, 11) is 1.63. The average Bonchev–Trinajstić information content (AvgIpc) is 2.46. The van der Waals surface area contributed by atoms with E-state index in [4.69, 9.17) is 5.73 Å². The van der Waals surface area contributed by atoms with E-state index >= 15 is 0 Å². The lowest BCUT2D eigenvalue weighted by atomic mass is 9.98. The molecule has 0 aliphatic carbocycles. The van der Waals surface area contributed by atoms with Gasteiger partial charge in [0.25, 0.3) is 0 Å². The van der Waals surface area contributed by atoms with E-state index in [0.717, 1.165) is 5.56 Å². The zero-order valence-corrected chi connectivity index (χ0v) is 13.0. The molecule has 1 aromatic carbocycles. The minimum Gasteiger partial charge on any atom is -0.354 e. The highest BCUT2D eigenvalue weighted by Gasteiger charge is 2.23. The van der Waals surface area contributed by atoms with Crippen LogP contribution in [0, 0.1) is 5.92 Å². The van der Waals surface area contributed by atoms with Crippen molar-refractivity contribution >= 4 is 11.8 Å². The van der Waals surface area contributed by atoms with Gasteiger partial charge in [-0.3, -0.25) is 9.59 Å². The quantitative estimate of drug-likeness (QED) is 0.785. The van der Waals surface area contributed by atoms with Gasteiger partial charge in [0.15, 0.2) is 0 Å². The number of hydrogen-bond acceptors (Lipinski definition) is 3. The van der Waals surface area contributed by atoms with Crippen LogP contribution in [0.2, 0.25) is 0 Å². The van der Waals surface area contributed by atoms with Gasteiger partial charge in [0, 0.05) is 20.1 Å². The summed E-state index contributed by atoms with van der Waals surface area (Å²) in [6.45, 7) is 4.93. The van der Waals surface area contributed by atoms with Gasteiger partial charge in [-0.05, 0) is 11.5 Å². The molecule has 0 bridgehead atoms. The summed E-state index contributed by atoms with van der Waals surface area (Å²) in [6.07, 6.45) is 0. The molecule has 0 heterocycles. The van der Waals surface area contributed by atoms with Gasteiger partial charge in [0.05, 0.1) is 12.5 Å². The molecule has 5 heteroatoms. The van der Waals surface area contributed by atoms with Crippen molar-refractivity contribution in [2.45, 2.75) is 19.8 Å². The van der Waals surface area contributed by atoms with E-state index in [1.165, 1.54) is 4.90 Å². The Morgan fingerprint density at radius 2 is 1.86 bits per heavy atom. The molecule has 1 rings (SSSR count). The SMILES string of the molecule is CC(C)CNC(=O)CN(C)C(=O)C(CN)c1ccccc1. The molecular formula is C16H25N3O2. The maximum atomic E-state index is 12.4. The lowest BCUT2D eigenvalue weighted by Crippen LogP contribution is -2.42. The first-order valence-electron chi connectivity index (χ1n) is 7.22. The first-order valence-corrected chi connectivity index (χ1v) is 7.22. The molecule has 1 aromatic rings. The van der Waals surface area contributed by atoms with Crippen LogP contribution in [0.3, 0.4) is 0 Å². The minimum atomic E-state index is -0.408. The number of amides is 2. The Morgan fingerprint density at radius 1 is 1.24 bits per heavy atom. The fourth-order valence-corrected chi connectivity index (χ4v) is 2.00. The third-order valence-corrected chi connectivity index (χ3v) is 3.20. The summed E-state index contributed by atoms with van der Waals surface area (Å²) in [5.41, 5.74) is 6.60. The molecule has 3 N–H and O–H groups in total. The van der Waals surface area contributed by atoms with Crippen molar-refractivity contribution in [3.63, 3.8) is 0 Å². The van der Waals surface area contributed by atoms with E-state index in [0.29, 0.717) is 12.5 Å². The molecule has 2 amide bonds. The molecule has 0 saturated heterocycles. The van der Waals surface area contributed by atoms with Crippen LogP contribution in [0.5, 0.6) is 0 Å². The third-order valence-electron chi connectivity index (χ3n) is 3.20. The van der Waals surface area contributed by atoms with Crippen LogP contribution in [0.1, 0.15) is 25.3 Å². The number of rotatable bonds is 7. The van der Waals surface area contributed by atoms with Crippen molar-refractivity contribution in [1.82, 2.24) is 10.2 Å². The smallest absolute Gasteiger partial charge is 0.239 e. The molecule has 5 nitrogen and oxygen atoms in total. The maximum Gasteiger partial charge on any atom is 0.239 e. The number of hydrogen-bond donors (Lipinski definition) is 2. The van der Waals surface area contributed by atoms with Crippen molar-refractivity contribution in [1.29, 1.82) is 0 Å². The van der Waals surface area contributed by atoms with Crippen LogP contribution in [0.25, 0.3) is 0 Å². The van der Waals surface area contributed by atoms with E-state index in [-0.39, 0.29) is 24.9 Å². The van der Waals surface area contributed by atoms with Gasteiger partial charge < -0.3 is 16.0 Å². The summed E-state index contributed by atoms with van der Waals surface area (Å²) in [5.74, 6) is -0.308. The van der Waals surface area contributed by atoms with E-state index in [1.807, 2.05) is 44.2 Å². The molecule has 0 radical (unpaired) electrons. The highest BCUT2D eigenvalue weighted by Crippen LogP contribution is 2.16. The number of nitrogens with zero attached hydrogens (tertiary/aromatic N) is 1. The maximum absolute atomic E-state index is 12.4. The van der Waals surface area contributed by atoms with Crippen LogP contribution < -0.4 is 11.1 Å². The zero-order valence-electron chi connectivity index (χ0n) is 13.0.